The zero-order valence-electron chi connectivity index (χ0n) is 16.4. The molecule has 1 aliphatic heterocycles. The summed E-state index contributed by atoms with van der Waals surface area (Å²) in [5.41, 5.74) is 2.18. The van der Waals surface area contributed by atoms with E-state index in [0.717, 1.165) is 22.2 Å². The Bertz CT molecular complexity index is 1260. The van der Waals surface area contributed by atoms with Crippen molar-refractivity contribution < 1.29 is 14.7 Å². The molecule has 0 atom stereocenters. The normalized spacial score (nSPS) is 15.3. The summed E-state index contributed by atoms with van der Waals surface area (Å²) < 4.78 is 0. The van der Waals surface area contributed by atoms with Crippen LogP contribution in [-0.2, 0) is 11.3 Å². The van der Waals surface area contributed by atoms with Crippen LogP contribution in [0.2, 0.25) is 10.0 Å². The van der Waals surface area contributed by atoms with Crippen molar-refractivity contribution in [2.75, 3.05) is 0 Å². The Hall–Kier alpha value is -3.13. The Labute approximate surface area is 198 Å². The van der Waals surface area contributed by atoms with Gasteiger partial charge in [0, 0.05) is 15.6 Å². The van der Waals surface area contributed by atoms with Crippen molar-refractivity contribution in [2.24, 2.45) is 10.2 Å². The third-order valence-corrected chi connectivity index (χ3v) is 5.91. The second-order valence-corrected chi connectivity index (χ2v) is 8.68. The molecule has 0 bridgehead atoms. The summed E-state index contributed by atoms with van der Waals surface area (Å²) in [6.07, 6.45) is 1.47. The summed E-state index contributed by atoms with van der Waals surface area (Å²) in [7, 11) is 0. The fourth-order valence-electron chi connectivity index (χ4n) is 2.92. The van der Waals surface area contributed by atoms with Crippen LogP contribution in [0.5, 0.6) is 5.75 Å². The lowest BCUT2D eigenvalue weighted by Gasteiger charge is -2.12. The van der Waals surface area contributed by atoms with E-state index in [-0.39, 0.29) is 22.4 Å². The van der Waals surface area contributed by atoms with Crippen molar-refractivity contribution in [2.45, 2.75) is 6.54 Å². The number of phenols is 1. The number of hydrogen-bond acceptors (Lipinski definition) is 6. The predicted octanol–water partition coefficient (Wildman–Crippen LogP) is 7.35. The molecule has 3 aromatic carbocycles. The average molecular weight is 484 g/mol. The lowest BCUT2D eigenvalue weighted by atomic mass is 10.1. The number of benzene rings is 3. The SMILES string of the molecule is O=C1S/C(=C\c2cc(N=Nc3cccc(Cl)c3)ccc2O)C(=O)N1Cc1ccc(Cl)cc1. The molecule has 0 radical (unpaired) electrons. The van der Waals surface area contributed by atoms with Gasteiger partial charge in [-0.2, -0.15) is 10.2 Å². The molecule has 0 aromatic heterocycles. The van der Waals surface area contributed by atoms with Crippen LogP contribution in [0.15, 0.2) is 81.9 Å². The third-order valence-electron chi connectivity index (χ3n) is 4.51. The van der Waals surface area contributed by atoms with Crippen molar-refractivity contribution in [1.82, 2.24) is 4.90 Å². The highest BCUT2D eigenvalue weighted by atomic mass is 35.5. The molecular weight excluding hydrogens is 469 g/mol. The number of carbonyl (C=O) groups is 2. The number of rotatable bonds is 5. The van der Waals surface area contributed by atoms with Gasteiger partial charge in [0.1, 0.15) is 5.75 Å². The van der Waals surface area contributed by atoms with Gasteiger partial charge in [0.2, 0.25) is 0 Å². The van der Waals surface area contributed by atoms with Gasteiger partial charge in [-0.05, 0) is 71.9 Å². The highest BCUT2D eigenvalue weighted by molar-refractivity contribution is 8.18. The van der Waals surface area contributed by atoms with E-state index in [9.17, 15) is 14.7 Å². The monoisotopic (exact) mass is 483 g/mol. The van der Waals surface area contributed by atoms with Crippen LogP contribution in [0.1, 0.15) is 11.1 Å². The molecule has 0 spiro atoms. The fourth-order valence-corrected chi connectivity index (χ4v) is 4.06. The van der Waals surface area contributed by atoms with Gasteiger partial charge in [0.05, 0.1) is 22.8 Å². The fraction of sp³-hybridized carbons (Fsp3) is 0.0435. The van der Waals surface area contributed by atoms with Gasteiger partial charge in [-0.15, -0.1) is 0 Å². The van der Waals surface area contributed by atoms with Crippen LogP contribution in [0.3, 0.4) is 0 Å². The summed E-state index contributed by atoms with van der Waals surface area (Å²) in [6.45, 7) is 0.138. The van der Waals surface area contributed by atoms with Crippen molar-refractivity contribution in [3.05, 3.63) is 92.8 Å². The summed E-state index contributed by atoms with van der Waals surface area (Å²) in [6, 6.07) is 18.5. The largest absolute Gasteiger partial charge is 0.507 e. The number of thioether (sulfide) groups is 1. The van der Waals surface area contributed by atoms with Gasteiger partial charge in [0.25, 0.3) is 11.1 Å². The number of imide groups is 1. The van der Waals surface area contributed by atoms with E-state index in [1.54, 1.807) is 60.7 Å². The van der Waals surface area contributed by atoms with Gasteiger partial charge >= 0.3 is 0 Å². The highest BCUT2D eigenvalue weighted by Crippen LogP contribution is 2.36. The minimum Gasteiger partial charge on any atom is -0.507 e. The molecule has 3 aromatic rings. The minimum atomic E-state index is -0.430. The number of hydrogen-bond donors (Lipinski definition) is 1. The Morgan fingerprint density at radius 3 is 2.34 bits per heavy atom. The zero-order chi connectivity index (χ0) is 22.7. The quantitative estimate of drug-likeness (QED) is 0.303. The van der Waals surface area contributed by atoms with Crippen molar-refractivity contribution in [3.8, 4) is 5.75 Å². The molecule has 9 heteroatoms. The first-order chi connectivity index (χ1) is 15.4. The van der Waals surface area contributed by atoms with Crippen LogP contribution in [0.25, 0.3) is 6.08 Å². The Balaban J connectivity index is 1.55. The molecule has 0 saturated carbocycles. The van der Waals surface area contributed by atoms with Gasteiger partial charge in [-0.3, -0.25) is 14.5 Å². The molecule has 4 rings (SSSR count). The van der Waals surface area contributed by atoms with E-state index in [2.05, 4.69) is 10.2 Å². The number of phenolic OH excluding ortho intramolecular Hbond substituents is 1. The molecule has 1 fully saturated rings. The van der Waals surface area contributed by atoms with E-state index in [1.165, 1.54) is 12.1 Å². The zero-order valence-corrected chi connectivity index (χ0v) is 18.7. The topological polar surface area (TPSA) is 82.3 Å². The molecule has 1 heterocycles. The molecular formula is C23H15Cl2N3O3S. The van der Waals surface area contributed by atoms with Crippen LogP contribution in [-0.4, -0.2) is 21.2 Å². The second kappa shape index (κ2) is 9.56. The lowest BCUT2D eigenvalue weighted by molar-refractivity contribution is -0.123. The molecule has 32 heavy (non-hydrogen) atoms. The maximum Gasteiger partial charge on any atom is 0.293 e. The summed E-state index contributed by atoms with van der Waals surface area (Å²) in [4.78, 5) is 26.5. The van der Waals surface area contributed by atoms with Crippen molar-refractivity contribution in [1.29, 1.82) is 0 Å². The number of nitrogens with zero attached hydrogens (tertiary/aromatic N) is 3. The first-order valence-corrected chi connectivity index (χ1v) is 11.0. The highest BCUT2D eigenvalue weighted by Gasteiger charge is 2.35. The van der Waals surface area contributed by atoms with Crippen LogP contribution in [0, 0.1) is 0 Å². The van der Waals surface area contributed by atoms with Crippen LogP contribution < -0.4 is 0 Å². The maximum atomic E-state index is 12.8. The number of carbonyl (C=O) groups excluding carboxylic acids is 2. The third kappa shape index (κ3) is 5.19. The van der Waals surface area contributed by atoms with E-state index >= 15 is 0 Å². The summed E-state index contributed by atoms with van der Waals surface area (Å²) in [5.74, 6) is -0.475. The predicted molar refractivity (Wildman–Crippen MR) is 127 cm³/mol. The van der Waals surface area contributed by atoms with Crippen LogP contribution >= 0.6 is 35.0 Å². The van der Waals surface area contributed by atoms with E-state index in [0.29, 0.717) is 27.0 Å². The smallest absolute Gasteiger partial charge is 0.293 e. The van der Waals surface area contributed by atoms with E-state index < -0.39 is 5.91 Å². The van der Waals surface area contributed by atoms with E-state index in [1.807, 2.05) is 0 Å². The molecule has 6 nitrogen and oxygen atoms in total. The molecule has 0 aliphatic carbocycles. The Morgan fingerprint density at radius 2 is 1.62 bits per heavy atom. The Kier molecular flexibility index (Phi) is 6.60. The average Bonchev–Trinajstić information content (AvgIpc) is 3.03. The van der Waals surface area contributed by atoms with Gasteiger partial charge < -0.3 is 5.11 Å². The number of amides is 2. The van der Waals surface area contributed by atoms with E-state index in [4.69, 9.17) is 23.2 Å². The molecule has 1 saturated heterocycles. The maximum absolute atomic E-state index is 12.8. The van der Waals surface area contributed by atoms with Crippen molar-refractivity contribution >= 4 is 63.6 Å². The number of halogens is 2. The molecule has 1 N–H and O–H groups in total. The molecule has 2 amide bonds. The number of aromatic hydroxyl groups is 1. The second-order valence-electron chi connectivity index (χ2n) is 6.82. The molecule has 160 valence electrons. The molecule has 1 aliphatic rings. The lowest BCUT2D eigenvalue weighted by Crippen LogP contribution is -2.27. The van der Waals surface area contributed by atoms with Gasteiger partial charge in [-0.25, -0.2) is 0 Å². The first kappa shape index (κ1) is 22.1. The molecule has 0 unspecified atom stereocenters. The standard InChI is InChI=1S/C23H15Cl2N3O3S/c24-16-6-4-14(5-7-16)13-28-22(30)21(32-23(28)31)11-15-10-19(8-9-20(15)29)27-26-18-3-1-2-17(25)12-18/h1-12,29H,13H2/b21-11-,27-26?. The number of azo groups is 1. The van der Waals surface area contributed by atoms with Gasteiger partial charge in [-0.1, -0.05) is 41.4 Å². The van der Waals surface area contributed by atoms with Crippen molar-refractivity contribution in [3.63, 3.8) is 0 Å². The van der Waals surface area contributed by atoms with Gasteiger partial charge in [0.15, 0.2) is 0 Å². The summed E-state index contributed by atoms with van der Waals surface area (Å²) >= 11 is 12.7. The first-order valence-electron chi connectivity index (χ1n) is 9.39. The summed E-state index contributed by atoms with van der Waals surface area (Å²) in [5, 5.41) is 19.2. The Morgan fingerprint density at radius 1 is 0.906 bits per heavy atom. The minimum absolute atomic E-state index is 0.0452. The van der Waals surface area contributed by atoms with Crippen LogP contribution in [0.4, 0.5) is 16.2 Å².